The third-order valence-corrected chi connectivity index (χ3v) is 4.57. The van der Waals surface area contributed by atoms with Crippen molar-refractivity contribution in [2.24, 2.45) is 0 Å². The maximum Gasteiger partial charge on any atom is 0.329 e. The predicted octanol–water partition coefficient (Wildman–Crippen LogP) is 2.28. The van der Waals surface area contributed by atoms with Crippen molar-refractivity contribution in [2.75, 3.05) is 14.2 Å². The molecule has 9 nitrogen and oxygen atoms in total. The van der Waals surface area contributed by atoms with Gasteiger partial charge < -0.3 is 14.8 Å². The van der Waals surface area contributed by atoms with Crippen LogP contribution in [-0.4, -0.2) is 43.0 Å². The smallest absolute Gasteiger partial charge is 0.329 e. The van der Waals surface area contributed by atoms with Crippen LogP contribution in [0, 0.1) is 15.9 Å². The van der Waals surface area contributed by atoms with Gasteiger partial charge in [0.2, 0.25) is 5.91 Å². The van der Waals surface area contributed by atoms with E-state index in [0.717, 1.165) is 7.11 Å². The van der Waals surface area contributed by atoms with Crippen LogP contribution in [0.5, 0.6) is 0 Å². The zero-order valence-electron chi connectivity index (χ0n) is 16.9. The van der Waals surface area contributed by atoms with Gasteiger partial charge in [-0.05, 0) is 23.3 Å². The van der Waals surface area contributed by atoms with Crippen molar-refractivity contribution in [2.45, 2.75) is 24.8 Å². The molecule has 0 aromatic heterocycles. The van der Waals surface area contributed by atoms with Crippen LogP contribution in [0.15, 0.2) is 48.5 Å². The molecule has 0 unspecified atom stereocenters. The lowest BCUT2D eigenvalue weighted by molar-refractivity contribution is -0.384. The summed E-state index contributed by atoms with van der Waals surface area (Å²) >= 11 is 0. The van der Waals surface area contributed by atoms with Gasteiger partial charge in [-0.25, -0.2) is 9.18 Å². The Kier molecular flexibility index (Phi) is 8.18. The highest BCUT2D eigenvalue weighted by atomic mass is 19.1. The summed E-state index contributed by atoms with van der Waals surface area (Å²) in [6, 6.07) is 9.37. The molecule has 0 saturated carbocycles. The number of ether oxygens (including phenoxy) is 2. The molecule has 2 aromatic carbocycles. The average molecular weight is 432 g/mol. The minimum atomic E-state index is -1.29. The zero-order chi connectivity index (χ0) is 23.0. The number of hydrogen-bond donors (Lipinski definition) is 1. The molecule has 0 fully saturated rings. The number of carbonyl (C=O) groups excluding carboxylic acids is 3. The number of hydrogen-bond acceptors (Lipinski definition) is 7. The van der Waals surface area contributed by atoms with Gasteiger partial charge in [0.05, 0.1) is 32.0 Å². The van der Waals surface area contributed by atoms with Crippen LogP contribution in [-0.2, 0) is 30.3 Å². The molecule has 0 aliphatic heterocycles. The first-order valence-corrected chi connectivity index (χ1v) is 9.18. The lowest BCUT2D eigenvalue weighted by Gasteiger charge is -2.26. The van der Waals surface area contributed by atoms with Crippen molar-refractivity contribution in [1.29, 1.82) is 0 Å². The number of nitro groups is 1. The summed E-state index contributed by atoms with van der Waals surface area (Å²) in [6.07, 6.45) is -0.509. The van der Waals surface area contributed by atoms with E-state index < -0.39 is 40.5 Å². The highest BCUT2D eigenvalue weighted by Gasteiger charge is 2.34. The van der Waals surface area contributed by atoms with E-state index in [1.54, 1.807) is 6.07 Å². The van der Waals surface area contributed by atoms with Gasteiger partial charge in [0.1, 0.15) is 11.9 Å². The summed E-state index contributed by atoms with van der Waals surface area (Å²) in [4.78, 5) is 47.3. The number of benzene rings is 2. The third kappa shape index (κ3) is 6.59. The standard InChI is InChI=1S/C21H21FN2O7/c1-30-19(26)12-17(14-6-8-16(9-7-14)24(28)29)20(21(27)31-2)23-18(25)11-13-4-3-5-15(22)10-13/h3-10,17,20H,11-12H2,1-2H3,(H,23,25)/t17-,20+/m1/s1. The maximum atomic E-state index is 13.4. The van der Waals surface area contributed by atoms with E-state index in [1.165, 1.54) is 49.6 Å². The van der Waals surface area contributed by atoms with Gasteiger partial charge >= 0.3 is 11.9 Å². The Morgan fingerprint density at radius 2 is 1.77 bits per heavy atom. The number of non-ortho nitro benzene ring substituents is 1. The van der Waals surface area contributed by atoms with Gasteiger partial charge in [0.25, 0.3) is 5.69 Å². The Morgan fingerprint density at radius 3 is 2.32 bits per heavy atom. The molecule has 31 heavy (non-hydrogen) atoms. The molecule has 0 radical (unpaired) electrons. The molecule has 1 N–H and O–H groups in total. The van der Waals surface area contributed by atoms with E-state index in [1.807, 2.05) is 0 Å². The molecular formula is C21H21FN2O7. The lowest BCUT2D eigenvalue weighted by Crippen LogP contribution is -2.46. The molecule has 0 saturated heterocycles. The molecule has 0 aliphatic carbocycles. The number of esters is 2. The number of rotatable bonds is 9. The van der Waals surface area contributed by atoms with E-state index in [9.17, 15) is 28.9 Å². The molecule has 1 amide bonds. The van der Waals surface area contributed by atoms with Gasteiger partial charge in [-0.2, -0.15) is 0 Å². The highest BCUT2D eigenvalue weighted by molar-refractivity contribution is 5.87. The van der Waals surface area contributed by atoms with E-state index in [0.29, 0.717) is 11.1 Å². The topological polar surface area (TPSA) is 125 Å². The molecule has 10 heteroatoms. The molecule has 164 valence electrons. The minimum absolute atomic E-state index is 0.176. The second-order valence-corrected chi connectivity index (χ2v) is 6.61. The highest BCUT2D eigenvalue weighted by Crippen LogP contribution is 2.27. The number of methoxy groups -OCH3 is 2. The fourth-order valence-electron chi connectivity index (χ4n) is 3.04. The quantitative estimate of drug-likeness (QED) is 0.366. The fourth-order valence-corrected chi connectivity index (χ4v) is 3.04. The summed E-state index contributed by atoms with van der Waals surface area (Å²) in [5.74, 6) is -3.50. The van der Waals surface area contributed by atoms with Gasteiger partial charge in [-0.15, -0.1) is 0 Å². The van der Waals surface area contributed by atoms with Gasteiger partial charge in [-0.1, -0.05) is 24.3 Å². The zero-order valence-corrected chi connectivity index (χ0v) is 16.9. The van der Waals surface area contributed by atoms with Crippen LogP contribution in [0.25, 0.3) is 0 Å². The van der Waals surface area contributed by atoms with Crippen LogP contribution in [0.3, 0.4) is 0 Å². The number of nitro benzene ring substituents is 1. The number of carbonyl (C=O) groups is 3. The molecule has 0 heterocycles. The lowest BCUT2D eigenvalue weighted by atomic mass is 9.88. The van der Waals surface area contributed by atoms with Crippen LogP contribution in [0.4, 0.5) is 10.1 Å². The molecule has 0 aliphatic rings. The Morgan fingerprint density at radius 1 is 1.10 bits per heavy atom. The van der Waals surface area contributed by atoms with Gasteiger partial charge in [0.15, 0.2) is 0 Å². The number of amides is 1. The first-order valence-electron chi connectivity index (χ1n) is 9.18. The first-order chi connectivity index (χ1) is 14.7. The van der Waals surface area contributed by atoms with Crippen LogP contribution < -0.4 is 5.32 Å². The van der Waals surface area contributed by atoms with Crippen molar-refractivity contribution in [3.63, 3.8) is 0 Å². The maximum absolute atomic E-state index is 13.4. The number of nitrogens with one attached hydrogen (secondary N) is 1. The Bertz CT molecular complexity index is 962. The summed E-state index contributed by atoms with van der Waals surface area (Å²) in [6.45, 7) is 0. The Balaban J connectivity index is 2.33. The predicted molar refractivity (Wildman–Crippen MR) is 107 cm³/mol. The Labute approximate surface area is 177 Å². The summed E-state index contributed by atoms with van der Waals surface area (Å²) in [5, 5.41) is 13.4. The van der Waals surface area contributed by atoms with E-state index >= 15 is 0 Å². The second-order valence-electron chi connectivity index (χ2n) is 6.61. The fraction of sp³-hybridized carbons (Fsp3) is 0.286. The van der Waals surface area contributed by atoms with Gasteiger partial charge in [-0.3, -0.25) is 19.7 Å². The molecule has 0 bridgehead atoms. The second kappa shape index (κ2) is 10.8. The summed E-state index contributed by atoms with van der Waals surface area (Å²) in [7, 11) is 2.30. The van der Waals surface area contributed by atoms with Crippen molar-refractivity contribution < 1.29 is 33.2 Å². The summed E-state index contributed by atoms with van der Waals surface area (Å²) < 4.78 is 22.9. The van der Waals surface area contributed by atoms with Crippen LogP contribution in [0.2, 0.25) is 0 Å². The monoisotopic (exact) mass is 432 g/mol. The van der Waals surface area contributed by atoms with E-state index in [4.69, 9.17) is 4.74 Å². The third-order valence-electron chi connectivity index (χ3n) is 4.57. The average Bonchev–Trinajstić information content (AvgIpc) is 2.75. The largest absolute Gasteiger partial charge is 0.469 e. The normalized spacial score (nSPS) is 12.4. The van der Waals surface area contributed by atoms with Crippen molar-refractivity contribution >= 4 is 23.5 Å². The molecule has 0 spiro atoms. The number of halogens is 1. The first kappa shape index (κ1) is 23.5. The van der Waals surface area contributed by atoms with E-state index in [-0.39, 0.29) is 18.5 Å². The van der Waals surface area contributed by atoms with Crippen LogP contribution >= 0.6 is 0 Å². The van der Waals surface area contributed by atoms with Crippen LogP contribution in [0.1, 0.15) is 23.5 Å². The minimum Gasteiger partial charge on any atom is -0.469 e. The molecule has 2 rings (SSSR count). The van der Waals surface area contributed by atoms with Gasteiger partial charge in [0, 0.05) is 18.1 Å². The van der Waals surface area contributed by atoms with Crippen molar-refractivity contribution in [3.8, 4) is 0 Å². The van der Waals surface area contributed by atoms with E-state index in [2.05, 4.69) is 10.1 Å². The van der Waals surface area contributed by atoms with Crippen molar-refractivity contribution in [3.05, 3.63) is 75.6 Å². The molecule has 2 aromatic rings. The number of nitrogens with zero attached hydrogens (tertiary/aromatic N) is 1. The van der Waals surface area contributed by atoms with Crippen molar-refractivity contribution in [1.82, 2.24) is 5.32 Å². The molecule has 2 atom stereocenters. The SMILES string of the molecule is COC(=O)C[C@H](c1ccc([N+](=O)[O-])cc1)[C@H](NC(=O)Cc1cccc(F)c1)C(=O)OC. The molecular weight excluding hydrogens is 411 g/mol. The Hall–Kier alpha value is -3.82. The summed E-state index contributed by atoms with van der Waals surface area (Å²) in [5.41, 5.74) is 0.601.